The first kappa shape index (κ1) is 23.8. The summed E-state index contributed by atoms with van der Waals surface area (Å²) in [5, 5.41) is 20.4. The predicted molar refractivity (Wildman–Crippen MR) is 111 cm³/mol. The van der Waals surface area contributed by atoms with Gasteiger partial charge < -0.3 is 10.2 Å². The Morgan fingerprint density at radius 3 is 1.80 bits per heavy atom. The van der Waals surface area contributed by atoms with Crippen LogP contribution in [0.25, 0.3) is 0 Å². The van der Waals surface area contributed by atoms with E-state index in [1.807, 2.05) is 6.92 Å². The zero-order valence-corrected chi connectivity index (χ0v) is 17.6. The summed E-state index contributed by atoms with van der Waals surface area (Å²) in [6.45, 7) is 21.2. The van der Waals surface area contributed by atoms with Crippen LogP contribution < -0.4 is 0 Å². The van der Waals surface area contributed by atoms with E-state index >= 15 is 0 Å². The van der Waals surface area contributed by atoms with E-state index in [1.54, 1.807) is 0 Å². The molecule has 0 radical (unpaired) electrons. The number of hydrogen-bond acceptors (Lipinski definition) is 2. The molecule has 2 N–H and O–H groups in total. The Labute approximate surface area is 156 Å². The molecule has 4 unspecified atom stereocenters. The van der Waals surface area contributed by atoms with Crippen molar-refractivity contribution in [3.8, 4) is 0 Å². The smallest absolute Gasteiger partial charge is 0.160 e. The Kier molecular flexibility index (Phi) is 11.6. The molecule has 0 saturated carbocycles. The molecule has 0 aliphatic heterocycles. The fourth-order valence-electron chi connectivity index (χ4n) is 2.98. The number of aliphatic hydroxyl groups is 2. The molecule has 0 spiro atoms. The van der Waals surface area contributed by atoms with Crippen molar-refractivity contribution in [1.29, 1.82) is 0 Å². The number of rotatable bonds is 13. The Balaban J connectivity index is 4.53. The fraction of sp³-hybridized carbons (Fsp3) is 0.739. The first-order chi connectivity index (χ1) is 11.6. The lowest BCUT2D eigenvalue weighted by Gasteiger charge is -2.23. The van der Waals surface area contributed by atoms with Crippen molar-refractivity contribution in [2.45, 2.75) is 86.5 Å². The Bertz CT molecular complexity index is 447. The van der Waals surface area contributed by atoms with Gasteiger partial charge in [-0.25, -0.2) is 0 Å². The van der Waals surface area contributed by atoms with Crippen LogP contribution in [0, 0.1) is 23.7 Å². The van der Waals surface area contributed by atoms with Gasteiger partial charge in [-0.15, -0.1) is 0 Å². The summed E-state index contributed by atoms with van der Waals surface area (Å²) in [7, 11) is 0. The maximum absolute atomic E-state index is 10.3. The predicted octanol–water partition coefficient (Wildman–Crippen LogP) is 7.74. The van der Waals surface area contributed by atoms with Gasteiger partial charge in [-0.2, -0.15) is 0 Å². The first-order valence-corrected chi connectivity index (χ1v) is 10.1. The molecule has 0 aliphatic rings. The lowest BCUT2D eigenvalue weighted by atomic mass is 9.83. The molecule has 2 heteroatoms. The molecule has 0 aromatic rings. The van der Waals surface area contributed by atoms with Crippen LogP contribution in [-0.4, -0.2) is 10.2 Å². The first-order valence-electron chi connectivity index (χ1n) is 10.1. The van der Waals surface area contributed by atoms with Crippen LogP contribution in [0.2, 0.25) is 0 Å². The highest BCUT2D eigenvalue weighted by molar-refractivity contribution is 5.35. The van der Waals surface area contributed by atoms with Crippen molar-refractivity contribution in [2.75, 3.05) is 0 Å². The Morgan fingerprint density at radius 2 is 1.32 bits per heavy atom. The van der Waals surface area contributed by atoms with Crippen molar-refractivity contribution < 1.29 is 10.2 Å². The quantitative estimate of drug-likeness (QED) is 0.263. The van der Waals surface area contributed by atoms with E-state index in [0.717, 1.165) is 31.1 Å². The second-order valence-corrected chi connectivity index (χ2v) is 8.10. The van der Waals surface area contributed by atoms with E-state index in [1.165, 1.54) is 19.3 Å². The van der Waals surface area contributed by atoms with Gasteiger partial charge in [-0.3, -0.25) is 0 Å². The van der Waals surface area contributed by atoms with E-state index in [9.17, 15) is 10.2 Å². The summed E-state index contributed by atoms with van der Waals surface area (Å²) < 4.78 is 0. The van der Waals surface area contributed by atoms with Crippen LogP contribution in [-0.2, 0) is 0 Å². The Morgan fingerprint density at radius 1 is 0.800 bits per heavy atom. The molecule has 0 heterocycles. The summed E-state index contributed by atoms with van der Waals surface area (Å²) in [5.41, 5.74) is 1.20. The topological polar surface area (TPSA) is 40.5 Å². The second-order valence-electron chi connectivity index (χ2n) is 8.10. The van der Waals surface area contributed by atoms with E-state index in [0.29, 0.717) is 23.5 Å². The molecule has 2 nitrogen and oxygen atoms in total. The molecular formula is C23H42O2. The molecule has 0 aromatic heterocycles. The molecule has 0 rings (SSSR count). The summed E-state index contributed by atoms with van der Waals surface area (Å²) >= 11 is 0. The van der Waals surface area contributed by atoms with E-state index in [-0.39, 0.29) is 17.4 Å². The molecule has 25 heavy (non-hydrogen) atoms. The fourth-order valence-corrected chi connectivity index (χ4v) is 2.98. The van der Waals surface area contributed by atoms with E-state index in [2.05, 4.69) is 47.8 Å². The minimum Gasteiger partial charge on any atom is -0.504 e. The normalized spacial score (nSPS) is 17.4. The standard InChI is InChI=1S/C23H42O2/c1-9-11-20(7)22(24)23(25)21(8)19(6)15-14-18(5)17(4)13-12-16(3)10-2/h16-19,24-25H,7-15H2,1-6H3/b23-22-. The van der Waals surface area contributed by atoms with Gasteiger partial charge in [0.25, 0.3) is 0 Å². The lowest BCUT2D eigenvalue weighted by molar-refractivity contribution is 0.294. The van der Waals surface area contributed by atoms with Gasteiger partial charge in [0.2, 0.25) is 0 Å². The average Bonchev–Trinajstić information content (AvgIpc) is 2.61. The van der Waals surface area contributed by atoms with Crippen molar-refractivity contribution in [1.82, 2.24) is 0 Å². The van der Waals surface area contributed by atoms with Gasteiger partial charge in [-0.1, -0.05) is 80.4 Å². The number of hydrogen-bond donors (Lipinski definition) is 2. The highest BCUT2D eigenvalue weighted by Crippen LogP contribution is 2.30. The number of allylic oxidation sites excluding steroid dienone is 2. The van der Waals surface area contributed by atoms with Crippen molar-refractivity contribution >= 4 is 0 Å². The monoisotopic (exact) mass is 350 g/mol. The van der Waals surface area contributed by atoms with Gasteiger partial charge in [0.15, 0.2) is 11.5 Å². The second kappa shape index (κ2) is 12.2. The maximum atomic E-state index is 10.3. The maximum Gasteiger partial charge on any atom is 0.160 e. The van der Waals surface area contributed by atoms with E-state index in [4.69, 9.17) is 0 Å². The van der Waals surface area contributed by atoms with Gasteiger partial charge in [0.1, 0.15) is 0 Å². The SMILES string of the molecule is C=C(CCC)/C(O)=C(/O)C(=C)C(C)CCC(C)C(C)CCC(C)CC. The van der Waals surface area contributed by atoms with Crippen molar-refractivity contribution in [2.24, 2.45) is 23.7 Å². The van der Waals surface area contributed by atoms with Crippen LogP contribution in [0.3, 0.4) is 0 Å². The summed E-state index contributed by atoms with van der Waals surface area (Å²) in [6.07, 6.45) is 7.52. The minimum atomic E-state index is -0.0892. The van der Waals surface area contributed by atoms with Gasteiger partial charge in [0, 0.05) is 0 Å². The van der Waals surface area contributed by atoms with Crippen molar-refractivity contribution in [3.63, 3.8) is 0 Å². The molecule has 0 bridgehead atoms. The average molecular weight is 351 g/mol. The molecule has 0 fully saturated rings. The third kappa shape index (κ3) is 8.65. The van der Waals surface area contributed by atoms with E-state index < -0.39 is 0 Å². The number of aliphatic hydroxyl groups excluding tert-OH is 2. The highest BCUT2D eigenvalue weighted by atomic mass is 16.3. The highest BCUT2D eigenvalue weighted by Gasteiger charge is 2.19. The molecule has 0 saturated heterocycles. The summed E-state index contributed by atoms with van der Waals surface area (Å²) in [5.74, 6) is 2.18. The third-order valence-electron chi connectivity index (χ3n) is 5.85. The zero-order chi connectivity index (χ0) is 19.6. The molecule has 0 aliphatic carbocycles. The van der Waals surface area contributed by atoms with Gasteiger partial charge >= 0.3 is 0 Å². The van der Waals surface area contributed by atoms with Crippen LogP contribution in [0.15, 0.2) is 35.8 Å². The van der Waals surface area contributed by atoms with Crippen LogP contribution in [0.5, 0.6) is 0 Å². The molecule has 0 amide bonds. The Hall–Kier alpha value is -1.18. The van der Waals surface area contributed by atoms with Crippen LogP contribution >= 0.6 is 0 Å². The van der Waals surface area contributed by atoms with Crippen LogP contribution in [0.1, 0.15) is 86.5 Å². The van der Waals surface area contributed by atoms with Gasteiger partial charge in [0.05, 0.1) is 0 Å². The minimum absolute atomic E-state index is 0.0802. The van der Waals surface area contributed by atoms with Gasteiger partial charge in [-0.05, 0) is 54.1 Å². The summed E-state index contributed by atoms with van der Waals surface area (Å²) in [6, 6.07) is 0. The van der Waals surface area contributed by atoms with Crippen LogP contribution in [0.4, 0.5) is 0 Å². The molecule has 146 valence electrons. The molecule has 0 aromatic carbocycles. The largest absolute Gasteiger partial charge is 0.504 e. The molecular weight excluding hydrogens is 308 g/mol. The molecule has 4 atom stereocenters. The third-order valence-corrected chi connectivity index (χ3v) is 5.85. The summed E-state index contributed by atoms with van der Waals surface area (Å²) in [4.78, 5) is 0. The lowest BCUT2D eigenvalue weighted by Crippen LogP contribution is -2.12. The van der Waals surface area contributed by atoms with Crippen molar-refractivity contribution in [3.05, 3.63) is 35.8 Å². The zero-order valence-electron chi connectivity index (χ0n) is 17.6.